The first-order chi connectivity index (χ1) is 12.9. The molecule has 3 nitrogen and oxygen atoms in total. The lowest BCUT2D eigenvalue weighted by Gasteiger charge is -2.05. The van der Waals surface area contributed by atoms with Crippen LogP contribution in [0, 0.1) is 13.5 Å². The Labute approximate surface area is 139 Å². The zero-order chi connectivity index (χ0) is 19.5. The van der Waals surface area contributed by atoms with Gasteiger partial charge in [0.25, 0.3) is 0 Å². The molecule has 0 N–H and O–H groups in total. The van der Waals surface area contributed by atoms with Crippen LogP contribution in [0.3, 0.4) is 0 Å². The van der Waals surface area contributed by atoms with Crippen molar-refractivity contribution in [3.8, 4) is 11.3 Å². The molecule has 3 heteroatoms. The van der Waals surface area contributed by atoms with Crippen LogP contribution in [0.4, 0.5) is 5.69 Å². The van der Waals surface area contributed by atoms with Gasteiger partial charge in [0.2, 0.25) is 11.4 Å². The number of para-hydroxylation sites is 1. The number of benzene rings is 2. The molecule has 4 aromatic rings. The minimum absolute atomic E-state index is 0.125. The van der Waals surface area contributed by atoms with Crippen molar-refractivity contribution >= 4 is 27.6 Å². The first kappa shape index (κ1) is 9.81. The van der Waals surface area contributed by atoms with E-state index in [9.17, 15) is 0 Å². The molecule has 4 rings (SSSR count). The fraction of sp³-hybridized carbons (Fsp3) is 0.100. The van der Waals surface area contributed by atoms with Crippen LogP contribution in [-0.4, -0.2) is 0 Å². The Kier molecular flexibility index (Phi) is 2.12. The standard InChI is InChI=1S/C20H15N2O/c1-13-10-11-15-14-7-6-8-16(21-2)19(14)23-20(15)18(13)17-9-4-5-12-22(17)3/h4-12H,1,3H3/q+1/i4D,5D,9D,12D. The fourth-order valence-corrected chi connectivity index (χ4v) is 2.90. The number of nitrogens with zero attached hydrogens (tertiary/aromatic N) is 2. The highest BCUT2D eigenvalue weighted by molar-refractivity contribution is 6.12. The molecular weight excluding hydrogens is 284 g/mol. The zero-order valence-electron chi connectivity index (χ0n) is 16.7. The number of aryl methyl sites for hydroxylation is 1. The topological polar surface area (TPSA) is 21.4 Å². The highest BCUT2D eigenvalue weighted by atomic mass is 16.3. The van der Waals surface area contributed by atoms with Gasteiger partial charge >= 0.3 is 0 Å². The number of hydrogen-bond acceptors (Lipinski definition) is 1. The molecule has 110 valence electrons. The van der Waals surface area contributed by atoms with Gasteiger partial charge in [-0.2, -0.15) is 0 Å². The minimum atomic E-state index is -0.289. The summed E-state index contributed by atoms with van der Waals surface area (Å²) in [5, 5.41) is 1.62. The van der Waals surface area contributed by atoms with E-state index in [0.29, 0.717) is 28.1 Å². The van der Waals surface area contributed by atoms with Gasteiger partial charge in [-0.25, -0.2) is 9.41 Å². The summed E-state index contributed by atoms with van der Waals surface area (Å²) in [6, 6.07) is 8.50. The summed E-state index contributed by atoms with van der Waals surface area (Å²) < 4.78 is 39.9. The lowest BCUT2D eigenvalue weighted by molar-refractivity contribution is -0.660. The third-order valence-electron chi connectivity index (χ3n) is 4.01. The van der Waals surface area contributed by atoms with Gasteiger partial charge in [-0.3, -0.25) is 0 Å². The van der Waals surface area contributed by atoms with Crippen molar-refractivity contribution in [1.82, 2.24) is 0 Å². The molecule has 2 aromatic carbocycles. The van der Waals surface area contributed by atoms with Crippen molar-refractivity contribution in [2.24, 2.45) is 7.05 Å². The number of rotatable bonds is 1. The molecule has 0 aliphatic rings. The van der Waals surface area contributed by atoms with Crippen molar-refractivity contribution < 1.29 is 14.5 Å². The van der Waals surface area contributed by atoms with Gasteiger partial charge in [-0.15, -0.1) is 0 Å². The second-order valence-electron chi connectivity index (χ2n) is 5.40. The summed E-state index contributed by atoms with van der Waals surface area (Å²) >= 11 is 0. The van der Waals surface area contributed by atoms with Crippen molar-refractivity contribution in [2.45, 2.75) is 6.92 Å². The van der Waals surface area contributed by atoms with Crippen molar-refractivity contribution in [2.75, 3.05) is 0 Å². The summed E-state index contributed by atoms with van der Waals surface area (Å²) in [5.41, 5.74) is 3.19. The van der Waals surface area contributed by atoms with Gasteiger partial charge in [0.1, 0.15) is 19.6 Å². The Morgan fingerprint density at radius 2 is 1.96 bits per heavy atom. The molecule has 0 saturated carbocycles. The van der Waals surface area contributed by atoms with Crippen molar-refractivity contribution in [3.63, 3.8) is 0 Å². The minimum Gasteiger partial charge on any atom is -0.466 e. The monoisotopic (exact) mass is 303 g/mol. The van der Waals surface area contributed by atoms with E-state index in [1.54, 1.807) is 19.2 Å². The van der Waals surface area contributed by atoms with E-state index in [2.05, 4.69) is 4.85 Å². The summed E-state index contributed by atoms with van der Waals surface area (Å²) in [6.45, 7) is 9.24. The molecule has 0 unspecified atom stereocenters. The molecule has 2 aromatic heterocycles. The zero-order valence-corrected chi connectivity index (χ0v) is 12.7. The molecule has 0 spiro atoms. The normalized spacial score (nSPS) is 13.4. The summed E-state index contributed by atoms with van der Waals surface area (Å²) in [6.07, 6.45) is -0.139. The van der Waals surface area contributed by atoms with E-state index in [-0.39, 0.29) is 24.3 Å². The van der Waals surface area contributed by atoms with Gasteiger partial charge in [-0.1, -0.05) is 30.3 Å². The molecule has 0 saturated heterocycles. The maximum atomic E-state index is 8.39. The van der Waals surface area contributed by atoms with Crippen LogP contribution in [-0.2, 0) is 7.05 Å². The Hall–Kier alpha value is -3.12. The van der Waals surface area contributed by atoms with Crippen LogP contribution >= 0.6 is 0 Å². The van der Waals surface area contributed by atoms with E-state index in [1.807, 2.05) is 25.1 Å². The number of pyridine rings is 1. The Balaban J connectivity index is 2.22. The summed E-state index contributed by atoms with van der Waals surface area (Å²) in [5.74, 6) is 0. The van der Waals surface area contributed by atoms with E-state index in [4.69, 9.17) is 16.5 Å². The number of furan rings is 1. The lowest BCUT2D eigenvalue weighted by Crippen LogP contribution is -2.30. The van der Waals surface area contributed by atoms with E-state index < -0.39 is 0 Å². The van der Waals surface area contributed by atoms with Gasteiger partial charge in [0.05, 0.1) is 16.2 Å². The van der Waals surface area contributed by atoms with Gasteiger partial charge < -0.3 is 4.42 Å². The third-order valence-corrected chi connectivity index (χ3v) is 4.01. The predicted molar refractivity (Wildman–Crippen MR) is 91.3 cm³/mol. The Morgan fingerprint density at radius 3 is 2.78 bits per heavy atom. The van der Waals surface area contributed by atoms with E-state index >= 15 is 0 Å². The smallest absolute Gasteiger partial charge is 0.229 e. The second kappa shape index (κ2) is 4.96. The van der Waals surface area contributed by atoms with Gasteiger partial charge in [0.15, 0.2) is 6.17 Å². The van der Waals surface area contributed by atoms with E-state index in [0.717, 1.165) is 16.3 Å². The number of fused-ring (bicyclic) bond motifs is 3. The first-order valence-electron chi connectivity index (χ1n) is 9.15. The molecule has 0 radical (unpaired) electrons. The highest BCUT2D eigenvalue weighted by Crippen LogP contribution is 2.39. The van der Waals surface area contributed by atoms with Crippen LogP contribution in [0.25, 0.3) is 38.0 Å². The Bertz CT molecular complexity index is 1270. The molecular formula is C20H15N2O+. The highest BCUT2D eigenvalue weighted by Gasteiger charge is 2.20. The Morgan fingerprint density at radius 1 is 1.13 bits per heavy atom. The average Bonchev–Trinajstić information content (AvgIpc) is 3.05. The van der Waals surface area contributed by atoms with Crippen molar-refractivity contribution in [3.05, 3.63) is 71.6 Å². The SMILES string of the molecule is [2H]c1c([2H])c([2H])[n+](C)c(-c2c(C)ccc3c2oc2c([N+]#[C-])cccc23)c1[2H]. The van der Waals surface area contributed by atoms with Crippen LogP contribution in [0.15, 0.2) is 59.0 Å². The first-order valence-corrected chi connectivity index (χ1v) is 7.15. The van der Waals surface area contributed by atoms with Gasteiger partial charge in [0, 0.05) is 22.9 Å². The molecule has 0 aliphatic carbocycles. The molecule has 0 amide bonds. The molecule has 0 atom stereocenters. The second-order valence-corrected chi connectivity index (χ2v) is 5.40. The lowest BCUT2D eigenvalue weighted by atomic mass is 10.0. The van der Waals surface area contributed by atoms with Crippen LogP contribution in [0.5, 0.6) is 0 Å². The fourth-order valence-electron chi connectivity index (χ4n) is 2.90. The molecule has 23 heavy (non-hydrogen) atoms. The molecule has 0 fully saturated rings. The van der Waals surface area contributed by atoms with Crippen LogP contribution in [0.1, 0.15) is 11.0 Å². The van der Waals surface area contributed by atoms with Gasteiger partial charge in [-0.05, 0) is 18.5 Å². The average molecular weight is 303 g/mol. The maximum Gasteiger partial charge on any atom is 0.229 e. The van der Waals surface area contributed by atoms with Crippen molar-refractivity contribution in [1.29, 1.82) is 0 Å². The van der Waals surface area contributed by atoms with E-state index in [1.165, 1.54) is 4.57 Å². The molecule has 0 aliphatic heterocycles. The quantitative estimate of drug-likeness (QED) is 0.360. The summed E-state index contributed by atoms with van der Waals surface area (Å²) in [4.78, 5) is 3.52. The number of hydrogen-bond donors (Lipinski definition) is 0. The summed E-state index contributed by atoms with van der Waals surface area (Å²) in [7, 11) is 1.61. The maximum absolute atomic E-state index is 8.39. The largest absolute Gasteiger partial charge is 0.466 e. The molecule has 2 heterocycles. The molecule has 0 bridgehead atoms. The predicted octanol–water partition coefficient (Wildman–Crippen LogP) is 4.94. The van der Waals surface area contributed by atoms with Crippen LogP contribution in [0.2, 0.25) is 0 Å². The van der Waals surface area contributed by atoms with Crippen LogP contribution < -0.4 is 4.57 Å². The number of aromatic nitrogens is 1. The third kappa shape index (κ3) is 1.92.